The number of oxime groups is 1. The molecule has 0 spiro atoms. The molecule has 2 rings (SSSR count). The van der Waals surface area contributed by atoms with Crippen molar-refractivity contribution < 1.29 is 39.9 Å². The van der Waals surface area contributed by atoms with Crippen LogP contribution in [0, 0.1) is 0 Å². The number of hydrogen-bond donors (Lipinski definition) is 5. The van der Waals surface area contributed by atoms with Crippen LogP contribution in [0.2, 0.25) is 0 Å². The first-order valence-corrected chi connectivity index (χ1v) is 7.83. The highest BCUT2D eigenvalue weighted by atomic mass is 16.5. The van der Waals surface area contributed by atoms with E-state index in [1.165, 1.54) is 13.2 Å². The molecule has 5 N–H and O–H groups in total. The van der Waals surface area contributed by atoms with Crippen LogP contribution in [-0.2, 0) is 11.2 Å². The molecule has 0 saturated heterocycles. The number of carbonyl (C=O) groups is 1. The van der Waals surface area contributed by atoms with Crippen LogP contribution in [-0.4, -0.2) is 51.0 Å². The molecule has 2 aromatic rings. The van der Waals surface area contributed by atoms with Crippen LogP contribution in [0.15, 0.2) is 35.5 Å². The number of rotatable bonds is 8. The number of nitrogens with zero attached hydrogens (tertiary/aromatic N) is 1. The predicted molar refractivity (Wildman–Crippen MR) is 94.2 cm³/mol. The first-order valence-electron chi connectivity index (χ1n) is 7.83. The summed E-state index contributed by atoms with van der Waals surface area (Å²) in [5.74, 6) is -1.83. The quantitative estimate of drug-likeness (QED) is 0.267. The van der Waals surface area contributed by atoms with Crippen LogP contribution >= 0.6 is 0 Å². The average Bonchev–Trinajstić information content (AvgIpc) is 2.62. The van der Waals surface area contributed by atoms with Crippen molar-refractivity contribution in [1.82, 2.24) is 0 Å². The van der Waals surface area contributed by atoms with Gasteiger partial charge in [0.25, 0.3) is 0 Å². The van der Waals surface area contributed by atoms with Crippen molar-refractivity contribution in [3.8, 4) is 28.7 Å². The first-order chi connectivity index (χ1) is 12.8. The van der Waals surface area contributed by atoms with Crippen LogP contribution in [0.4, 0.5) is 0 Å². The number of phenols is 3. The van der Waals surface area contributed by atoms with Gasteiger partial charge in [-0.1, -0.05) is 11.2 Å². The van der Waals surface area contributed by atoms with Crippen molar-refractivity contribution in [2.45, 2.75) is 12.8 Å². The summed E-state index contributed by atoms with van der Waals surface area (Å²) < 4.78 is 9.87. The van der Waals surface area contributed by atoms with Crippen LogP contribution in [0.25, 0.3) is 0 Å². The van der Waals surface area contributed by atoms with Gasteiger partial charge in [-0.25, -0.2) is 4.79 Å². The van der Waals surface area contributed by atoms with Crippen molar-refractivity contribution in [2.24, 2.45) is 5.16 Å². The van der Waals surface area contributed by atoms with Crippen LogP contribution in [0.3, 0.4) is 0 Å². The molecule has 0 aliphatic heterocycles. The Morgan fingerprint density at radius 3 is 2.26 bits per heavy atom. The maximum atomic E-state index is 10.5. The third-order valence-electron chi connectivity index (χ3n) is 3.74. The Balaban J connectivity index is 2.17. The van der Waals surface area contributed by atoms with E-state index in [0.717, 1.165) is 17.7 Å². The van der Waals surface area contributed by atoms with E-state index >= 15 is 0 Å². The molecule has 0 radical (unpaired) electrons. The molecule has 0 aliphatic rings. The minimum atomic E-state index is -1.21. The zero-order valence-corrected chi connectivity index (χ0v) is 14.4. The topological polar surface area (TPSA) is 149 Å². The van der Waals surface area contributed by atoms with Gasteiger partial charge in [0.1, 0.15) is 17.2 Å². The van der Waals surface area contributed by atoms with E-state index in [2.05, 4.69) is 5.16 Å². The van der Waals surface area contributed by atoms with Gasteiger partial charge in [0.15, 0.2) is 18.1 Å². The number of aryl methyl sites for hydroxylation is 1. The highest BCUT2D eigenvalue weighted by Gasteiger charge is 2.18. The first kappa shape index (κ1) is 19.7. The summed E-state index contributed by atoms with van der Waals surface area (Å²) in [5.41, 5.74) is 0.623. The lowest BCUT2D eigenvalue weighted by Gasteiger charge is -2.12. The smallest absolute Gasteiger partial charge is 0.341 e. The highest BCUT2D eigenvalue weighted by Crippen LogP contribution is 2.34. The second kappa shape index (κ2) is 8.65. The number of hydrogen-bond acceptors (Lipinski definition) is 8. The number of aliphatic carboxylic acids is 1. The Labute approximate surface area is 154 Å². The fourth-order valence-corrected chi connectivity index (χ4v) is 2.49. The molecular formula is C18H19NO8. The molecule has 27 heavy (non-hydrogen) atoms. The number of ether oxygens (including phenoxy) is 2. The van der Waals surface area contributed by atoms with Gasteiger partial charge in [-0.2, -0.15) is 0 Å². The zero-order chi connectivity index (χ0) is 20.0. The summed E-state index contributed by atoms with van der Waals surface area (Å²) in [5, 5.41) is 51.0. The maximum absolute atomic E-state index is 10.5. The number of carboxylic acid groups (broad SMARTS) is 1. The molecule has 2 aromatic carbocycles. The molecule has 0 unspecified atom stereocenters. The lowest BCUT2D eigenvalue weighted by Crippen LogP contribution is -2.10. The normalized spacial score (nSPS) is 11.2. The fraction of sp³-hybridized carbons (Fsp3) is 0.222. The predicted octanol–water partition coefficient (Wildman–Crippen LogP) is 2.09. The van der Waals surface area contributed by atoms with E-state index in [1.54, 1.807) is 12.1 Å². The van der Waals surface area contributed by atoms with Gasteiger partial charge in [-0.05, 0) is 30.5 Å². The Morgan fingerprint density at radius 1 is 1.07 bits per heavy atom. The second-order valence-corrected chi connectivity index (χ2v) is 5.57. The van der Waals surface area contributed by atoms with Gasteiger partial charge < -0.3 is 35.1 Å². The standard InChI is InChI=1S/C18H19NO8/c1-26-16-5-3-10(6-13(16)20)2-4-12(19-25)18-14(21)7-11(8-15(18)22)27-9-17(23)24/h3,5-8,20-22,25H,2,4,9H2,1H3,(H,23,24)/b19-12+. The van der Waals surface area contributed by atoms with Crippen LogP contribution < -0.4 is 9.47 Å². The minimum absolute atomic E-state index is 0.00472. The van der Waals surface area contributed by atoms with E-state index in [0.29, 0.717) is 12.2 Å². The molecule has 0 amide bonds. The molecular weight excluding hydrogens is 358 g/mol. The Morgan fingerprint density at radius 2 is 1.74 bits per heavy atom. The third-order valence-corrected chi connectivity index (χ3v) is 3.74. The van der Waals surface area contributed by atoms with Gasteiger partial charge in [0.05, 0.1) is 18.4 Å². The van der Waals surface area contributed by atoms with Crippen molar-refractivity contribution in [1.29, 1.82) is 0 Å². The Bertz CT molecular complexity index is 839. The lowest BCUT2D eigenvalue weighted by molar-refractivity contribution is -0.139. The van der Waals surface area contributed by atoms with E-state index < -0.39 is 24.1 Å². The van der Waals surface area contributed by atoms with E-state index in [-0.39, 0.29) is 29.2 Å². The van der Waals surface area contributed by atoms with Crippen molar-refractivity contribution in [3.63, 3.8) is 0 Å². The van der Waals surface area contributed by atoms with E-state index in [4.69, 9.17) is 14.6 Å². The highest BCUT2D eigenvalue weighted by molar-refractivity contribution is 6.05. The molecule has 9 nitrogen and oxygen atoms in total. The Kier molecular flexibility index (Phi) is 6.32. The zero-order valence-electron chi connectivity index (χ0n) is 14.4. The van der Waals surface area contributed by atoms with Gasteiger partial charge in [0, 0.05) is 12.1 Å². The number of phenolic OH excluding ortho intramolecular Hbond substituents is 3. The average molecular weight is 377 g/mol. The van der Waals surface area contributed by atoms with E-state index in [1.807, 2.05) is 0 Å². The molecule has 144 valence electrons. The molecule has 9 heteroatoms. The number of carboxylic acids is 1. The van der Waals surface area contributed by atoms with Gasteiger partial charge in [-0.15, -0.1) is 0 Å². The van der Waals surface area contributed by atoms with Crippen LogP contribution in [0.5, 0.6) is 28.7 Å². The summed E-state index contributed by atoms with van der Waals surface area (Å²) in [6.07, 6.45) is 0.478. The fourth-order valence-electron chi connectivity index (χ4n) is 2.49. The van der Waals surface area contributed by atoms with Crippen LogP contribution in [0.1, 0.15) is 17.5 Å². The van der Waals surface area contributed by atoms with E-state index in [9.17, 15) is 25.3 Å². The van der Waals surface area contributed by atoms with Gasteiger partial charge in [-0.3, -0.25) is 0 Å². The van der Waals surface area contributed by atoms with Crippen molar-refractivity contribution in [3.05, 3.63) is 41.5 Å². The molecule has 0 fully saturated rings. The Hall–Kier alpha value is -3.62. The summed E-state index contributed by atoms with van der Waals surface area (Å²) in [6, 6.07) is 7.03. The van der Waals surface area contributed by atoms with Crippen molar-refractivity contribution >= 4 is 11.7 Å². The monoisotopic (exact) mass is 377 g/mol. The van der Waals surface area contributed by atoms with Crippen molar-refractivity contribution in [2.75, 3.05) is 13.7 Å². The summed E-state index contributed by atoms with van der Waals surface area (Å²) in [7, 11) is 1.43. The maximum Gasteiger partial charge on any atom is 0.341 e. The molecule has 0 saturated carbocycles. The summed E-state index contributed by atoms with van der Waals surface area (Å²) in [4.78, 5) is 10.5. The van der Waals surface area contributed by atoms with Gasteiger partial charge in [0.2, 0.25) is 0 Å². The third kappa shape index (κ3) is 4.94. The number of benzene rings is 2. The number of aromatic hydroxyl groups is 3. The largest absolute Gasteiger partial charge is 0.507 e. The number of methoxy groups -OCH3 is 1. The second-order valence-electron chi connectivity index (χ2n) is 5.57. The molecule has 0 heterocycles. The summed E-state index contributed by atoms with van der Waals surface area (Å²) in [6.45, 7) is -0.639. The van der Waals surface area contributed by atoms with Gasteiger partial charge >= 0.3 is 5.97 Å². The molecule has 0 aromatic heterocycles. The summed E-state index contributed by atoms with van der Waals surface area (Å²) >= 11 is 0. The molecule has 0 aliphatic carbocycles. The minimum Gasteiger partial charge on any atom is -0.507 e. The SMILES string of the molecule is COc1ccc(CC/C(=N\O)c2c(O)cc(OCC(=O)O)cc2O)cc1O. The molecule has 0 bridgehead atoms. The lowest BCUT2D eigenvalue weighted by atomic mass is 10.00. The molecule has 0 atom stereocenters.